The van der Waals surface area contributed by atoms with E-state index in [0.717, 1.165) is 5.92 Å². The predicted molar refractivity (Wildman–Crippen MR) is 89.4 cm³/mol. The van der Waals surface area contributed by atoms with Crippen LogP contribution >= 0.6 is 11.3 Å². The maximum atomic E-state index is 2.47. The molecule has 0 N–H and O–H groups in total. The lowest BCUT2D eigenvalue weighted by Gasteiger charge is -2.35. The van der Waals surface area contributed by atoms with Gasteiger partial charge in [-0.15, -0.1) is 11.3 Å². The van der Waals surface area contributed by atoms with Gasteiger partial charge in [0.25, 0.3) is 0 Å². The lowest BCUT2D eigenvalue weighted by atomic mass is 9.71. The minimum Gasteiger partial charge on any atom is -0.144 e. The first-order valence-corrected chi connectivity index (χ1v) is 8.78. The van der Waals surface area contributed by atoms with E-state index in [0.29, 0.717) is 10.8 Å². The fourth-order valence-corrected chi connectivity index (χ4v) is 4.51. The number of thiophene rings is 1. The van der Waals surface area contributed by atoms with E-state index < -0.39 is 0 Å². The molecule has 0 fully saturated rings. The highest BCUT2D eigenvalue weighted by Crippen LogP contribution is 2.44. The summed E-state index contributed by atoms with van der Waals surface area (Å²) < 4.78 is 0. The van der Waals surface area contributed by atoms with Gasteiger partial charge in [-0.05, 0) is 36.3 Å². The second kappa shape index (κ2) is 6.43. The van der Waals surface area contributed by atoms with Crippen molar-refractivity contribution in [3.8, 4) is 0 Å². The van der Waals surface area contributed by atoms with E-state index >= 15 is 0 Å². The van der Waals surface area contributed by atoms with Crippen LogP contribution in [0.15, 0.2) is 12.1 Å². The minimum absolute atomic E-state index is 0.325. The molecule has 1 unspecified atom stereocenters. The van der Waals surface area contributed by atoms with Crippen molar-refractivity contribution in [1.82, 2.24) is 0 Å². The van der Waals surface area contributed by atoms with Gasteiger partial charge in [0.15, 0.2) is 0 Å². The van der Waals surface area contributed by atoms with Crippen molar-refractivity contribution in [3.63, 3.8) is 0 Å². The Morgan fingerprint density at radius 2 is 1.42 bits per heavy atom. The summed E-state index contributed by atoms with van der Waals surface area (Å²) in [6, 6.07) is 4.78. The molecule has 1 rings (SSSR count). The molecule has 1 aromatic heterocycles. The summed E-state index contributed by atoms with van der Waals surface area (Å²) in [7, 11) is 0. The topological polar surface area (TPSA) is 0 Å². The van der Waals surface area contributed by atoms with Crippen molar-refractivity contribution >= 4 is 11.3 Å². The molecule has 0 aliphatic rings. The average molecular weight is 281 g/mol. The molecule has 1 aromatic rings. The van der Waals surface area contributed by atoms with Gasteiger partial charge in [-0.3, -0.25) is 0 Å². The minimum atomic E-state index is 0.325. The first-order chi connectivity index (χ1) is 8.85. The molecule has 0 saturated heterocycles. The zero-order chi connectivity index (χ0) is 14.7. The van der Waals surface area contributed by atoms with Gasteiger partial charge in [0.05, 0.1) is 0 Å². The van der Waals surface area contributed by atoms with Crippen LogP contribution in [0.5, 0.6) is 0 Å². The van der Waals surface area contributed by atoms with Crippen LogP contribution < -0.4 is 0 Å². The van der Waals surface area contributed by atoms with Gasteiger partial charge in [0.2, 0.25) is 0 Å². The van der Waals surface area contributed by atoms with Gasteiger partial charge < -0.3 is 0 Å². The second-order valence-electron chi connectivity index (χ2n) is 6.69. The Bertz CT molecular complexity index is 384. The molecule has 1 heterocycles. The lowest BCUT2D eigenvalue weighted by Crippen LogP contribution is -2.29. The van der Waals surface area contributed by atoms with E-state index in [1.54, 1.807) is 9.75 Å². The summed E-state index contributed by atoms with van der Waals surface area (Å²) in [5, 5.41) is 0. The van der Waals surface area contributed by atoms with Crippen LogP contribution in [0.2, 0.25) is 0 Å². The summed E-state index contributed by atoms with van der Waals surface area (Å²) in [6.07, 6.45) is 5.02. The Balaban J connectivity index is 3.14. The molecular weight excluding hydrogens is 248 g/mol. The Morgan fingerprint density at radius 1 is 0.895 bits per heavy atom. The van der Waals surface area contributed by atoms with Crippen LogP contribution in [0.3, 0.4) is 0 Å². The van der Waals surface area contributed by atoms with Crippen LogP contribution in [0.25, 0.3) is 0 Å². The molecule has 1 heteroatoms. The molecule has 1 atom stereocenters. The smallest absolute Gasteiger partial charge is 0.0110 e. The van der Waals surface area contributed by atoms with E-state index in [1.165, 1.54) is 25.7 Å². The van der Waals surface area contributed by atoms with E-state index in [4.69, 9.17) is 0 Å². The molecule has 0 spiro atoms. The van der Waals surface area contributed by atoms with E-state index in [2.05, 4.69) is 71.9 Å². The third-order valence-electron chi connectivity index (χ3n) is 5.34. The molecular formula is C18H32S. The number of hydrogen-bond acceptors (Lipinski definition) is 1. The zero-order valence-corrected chi connectivity index (χ0v) is 14.8. The highest BCUT2D eigenvalue weighted by molar-refractivity contribution is 7.12. The monoisotopic (exact) mass is 280 g/mol. The first-order valence-electron chi connectivity index (χ1n) is 7.96. The molecule has 0 aliphatic carbocycles. The lowest BCUT2D eigenvalue weighted by molar-refractivity contribution is 0.270. The Morgan fingerprint density at radius 3 is 1.84 bits per heavy atom. The zero-order valence-electron chi connectivity index (χ0n) is 14.0. The number of hydrogen-bond donors (Lipinski definition) is 0. The maximum absolute atomic E-state index is 2.47. The third-order valence-corrected chi connectivity index (χ3v) is 7.07. The van der Waals surface area contributed by atoms with Gasteiger partial charge in [-0.2, -0.15) is 0 Å². The molecule has 0 bridgehead atoms. The van der Waals surface area contributed by atoms with Crippen molar-refractivity contribution in [2.75, 3.05) is 0 Å². The second-order valence-corrected chi connectivity index (χ2v) is 7.77. The van der Waals surface area contributed by atoms with Crippen LogP contribution in [0.4, 0.5) is 0 Å². The average Bonchev–Trinajstić information content (AvgIpc) is 2.90. The van der Waals surface area contributed by atoms with Gasteiger partial charge in [0.1, 0.15) is 0 Å². The van der Waals surface area contributed by atoms with Crippen molar-refractivity contribution in [1.29, 1.82) is 0 Å². The Labute approximate surface area is 124 Å². The van der Waals surface area contributed by atoms with E-state index in [9.17, 15) is 0 Å². The highest BCUT2D eigenvalue weighted by Gasteiger charge is 2.34. The van der Waals surface area contributed by atoms with Gasteiger partial charge in [0, 0.05) is 15.2 Å². The molecule has 110 valence electrons. The normalized spacial score (nSPS) is 15.8. The van der Waals surface area contributed by atoms with Crippen molar-refractivity contribution in [3.05, 3.63) is 21.9 Å². The quantitative estimate of drug-likeness (QED) is 0.532. The molecule has 0 aliphatic heterocycles. The standard InChI is InChI=1S/C18H32S/c1-8-14(9-2)18(7,11-4)16-13-12-15(19-16)17(5,6)10-3/h12-14H,8-11H2,1-7H3. The van der Waals surface area contributed by atoms with Crippen LogP contribution in [0.1, 0.15) is 83.9 Å². The van der Waals surface area contributed by atoms with Gasteiger partial charge in [-0.1, -0.05) is 61.3 Å². The first kappa shape index (κ1) is 16.8. The largest absolute Gasteiger partial charge is 0.144 e. The molecule has 0 saturated carbocycles. The SMILES string of the molecule is CCC(CC)C(C)(CC)c1ccc(C(C)(C)CC)s1. The van der Waals surface area contributed by atoms with E-state index in [1.807, 2.05) is 0 Å². The summed E-state index contributed by atoms with van der Waals surface area (Å²) in [5.74, 6) is 0.800. The molecule has 0 amide bonds. The van der Waals surface area contributed by atoms with Crippen LogP contribution in [0, 0.1) is 5.92 Å². The predicted octanol–water partition coefficient (Wildman–Crippen LogP) is 6.54. The van der Waals surface area contributed by atoms with Crippen molar-refractivity contribution in [2.24, 2.45) is 5.92 Å². The fraction of sp³-hybridized carbons (Fsp3) is 0.778. The highest BCUT2D eigenvalue weighted by atomic mass is 32.1. The summed E-state index contributed by atoms with van der Waals surface area (Å²) >= 11 is 2.05. The van der Waals surface area contributed by atoms with Crippen molar-refractivity contribution in [2.45, 2.75) is 85.0 Å². The summed E-state index contributed by atoms with van der Waals surface area (Å²) in [6.45, 7) is 16.5. The summed E-state index contributed by atoms with van der Waals surface area (Å²) in [4.78, 5) is 3.15. The Hall–Kier alpha value is -0.300. The van der Waals surface area contributed by atoms with Crippen molar-refractivity contribution < 1.29 is 0 Å². The molecule has 0 radical (unpaired) electrons. The Kier molecular flexibility index (Phi) is 5.67. The summed E-state index contributed by atoms with van der Waals surface area (Å²) in [5.41, 5.74) is 0.682. The maximum Gasteiger partial charge on any atom is 0.0110 e. The molecule has 0 aromatic carbocycles. The van der Waals surface area contributed by atoms with Crippen LogP contribution in [-0.2, 0) is 10.8 Å². The molecule has 19 heavy (non-hydrogen) atoms. The van der Waals surface area contributed by atoms with Crippen LogP contribution in [-0.4, -0.2) is 0 Å². The third kappa shape index (κ3) is 3.24. The molecule has 0 nitrogen and oxygen atoms in total. The fourth-order valence-electron chi connectivity index (χ4n) is 3.04. The van der Waals surface area contributed by atoms with Gasteiger partial charge >= 0.3 is 0 Å². The van der Waals surface area contributed by atoms with E-state index in [-0.39, 0.29) is 0 Å². The number of rotatable bonds is 7. The van der Waals surface area contributed by atoms with Gasteiger partial charge in [-0.25, -0.2) is 0 Å².